The van der Waals surface area contributed by atoms with E-state index in [2.05, 4.69) is 12.2 Å². The molecule has 0 aromatic carbocycles. The highest BCUT2D eigenvalue weighted by Crippen LogP contribution is 2.31. The second-order valence-corrected chi connectivity index (χ2v) is 4.01. The molecule has 2 bridgehead atoms. The average Bonchev–Trinajstić information content (AvgIpc) is 2.27. The van der Waals surface area contributed by atoms with Crippen LogP contribution < -0.4 is 5.32 Å². The van der Waals surface area contributed by atoms with Gasteiger partial charge in [-0.25, -0.2) is 0 Å². The minimum absolute atomic E-state index is 0.884. The zero-order chi connectivity index (χ0) is 6.97. The molecule has 1 N–H and O–H groups in total. The second kappa shape index (κ2) is 2.54. The van der Waals surface area contributed by atoms with E-state index in [1.807, 2.05) is 0 Å². The van der Waals surface area contributed by atoms with Crippen LogP contribution in [0.15, 0.2) is 0 Å². The first-order chi connectivity index (χ1) is 4.86. The number of hydrogen-bond donors (Lipinski definition) is 1. The van der Waals surface area contributed by atoms with Gasteiger partial charge in [0.05, 0.1) is 0 Å². The Bertz CT molecular complexity index is 122. The Labute approximate surface area is 63.2 Å². The molecular formula is C9H17N. The van der Waals surface area contributed by atoms with Gasteiger partial charge < -0.3 is 5.32 Å². The third-order valence-corrected chi connectivity index (χ3v) is 3.27. The van der Waals surface area contributed by atoms with E-state index >= 15 is 0 Å². The third kappa shape index (κ3) is 1.07. The summed E-state index contributed by atoms with van der Waals surface area (Å²) in [6.07, 6.45) is 5.82. The quantitative estimate of drug-likeness (QED) is 0.539. The van der Waals surface area contributed by atoms with E-state index in [0.717, 1.165) is 17.9 Å². The lowest BCUT2D eigenvalue weighted by atomic mass is 9.91. The summed E-state index contributed by atoms with van der Waals surface area (Å²) in [5, 5.41) is 3.59. The fraction of sp³-hybridized carbons (Fsp3) is 1.00. The van der Waals surface area contributed by atoms with Crippen LogP contribution in [0.25, 0.3) is 0 Å². The van der Waals surface area contributed by atoms with Crippen LogP contribution in [0.5, 0.6) is 0 Å². The average molecular weight is 139 g/mol. The van der Waals surface area contributed by atoms with Gasteiger partial charge in [0, 0.05) is 6.04 Å². The molecule has 1 heteroatoms. The van der Waals surface area contributed by atoms with E-state index in [0.29, 0.717) is 0 Å². The minimum Gasteiger partial charge on any atom is -0.314 e. The molecule has 0 radical (unpaired) electrons. The van der Waals surface area contributed by atoms with E-state index in [9.17, 15) is 0 Å². The molecule has 1 nitrogen and oxygen atoms in total. The molecule has 0 aromatic rings. The molecule has 1 aliphatic heterocycles. The van der Waals surface area contributed by atoms with Gasteiger partial charge in [-0.2, -0.15) is 0 Å². The van der Waals surface area contributed by atoms with Gasteiger partial charge in [-0.3, -0.25) is 0 Å². The standard InChI is InChI=1S/C9H17N/c1-7-3-2-4-9-5-8(7)6-10-9/h7-10H,2-6H2,1H3. The zero-order valence-electron chi connectivity index (χ0n) is 6.77. The van der Waals surface area contributed by atoms with Crippen molar-refractivity contribution in [2.24, 2.45) is 11.8 Å². The van der Waals surface area contributed by atoms with Crippen molar-refractivity contribution in [3.8, 4) is 0 Å². The van der Waals surface area contributed by atoms with Crippen LogP contribution in [0, 0.1) is 11.8 Å². The lowest BCUT2D eigenvalue weighted by Crippen LogP contribution is -2.23. The first-order valence-electron chi connectivity index (χ1n) is 4.59. The summed E-state index contributed by atoms with van der Waals surface area (Å²) in [5.41, 5.74) is 0. The molecule has 1 heterocycles. The maximum atomic E-state index is 3.59. The molecule has 58 valence electrons. The Morgan fingerprint density at radius 2 is 2.20 bits per heavy atom. The topological polar surface area (TPSA) is 12.0 Å². The third-order valence-electron chi connectivity index (χ3n) is 3.27. The van der Waals surface area contributed by atoms with E-state index < -0.39 is 0 Å². The summed E-state index contributed by atoms with van der Waals surface area (Å²) in [7, 11) is 0. The van der Waals surface area contributed by atoms with Crippen LogP contribution in [-0.4, -0.2) is 12.6 Å². The first-order valence-corrected chi connectivity index (χ1v) is 4.59. The summed E-state index contributed by atoms with van der Waals surface area (Å²) in [6.45, 7) is 3.71. The van der Waals surface area contributed by atoms with Gasteiger partial charge in [0.25, 0.3) is 0 Å². The Kier molecular flexibility index (Phi) is 1.69. The Balaban J connectivity index is 2.03. The van der Waals surface area contributed by atoms with Crippen molar-refractivity contribution < 1.29 is 0 Å². The van der Waals surface area contributed by atoms with Gasteiger partial charge in [0.15, 0.2) is 0 Å². The van der Waals surface area contributed by atoms with E-state index in [4.69, 9.17) is 0 Å². The summed E-state index contributed by atoms with van der Waals surface area (Å²) in [4.78, 5) is 0. The molecule has 0 spiro atoms. The van der Waals surface area contributed by atoms with Crippen LogP contribution in [-0.2, 0) is 0 Å². The van der Waals surface area contributed by atoms with Gasteiger partial charge in [0.2, 0.25) is 0 Å². The zero-order valence-corrected chi connectivity index (χ0v) is 6.77. The van der Waals surface area contributed by atoms with Gasteiger partial charge in [-0.05, 0) is 31.2 Å². The Hall–Kier alpha value is -0.0400. The molecule has 2 aliphatic rings. The fourth-order valence-electron chi connectivity index (χ4n) is 2.43. The lowest BCUT2D eigenvalue weighted by Gasteiger charge is -2.16. The van der Waals surface area contributed by atoms with Crippen molar-refractivity contribution in [1.82, 2.24) is 5.32 Å². The smallest absolute Gasteiger partial charge is 0.00703 e. The maximum Gasteiger partial charge on any atom is 0.00703 e. The molecule has 0 aromatic heterocycles. The summed E-state index contributed by atoms with van der Waals surface area (Å²) in [6, 6.07) is 0.884. The first kappa shape index (κ1) is 6.66. The van der Waals surface area contributed by atoms with Gasteiger partial charge in [-0.1, -0.05) is 19.8 Å². The van der Waals surface area contributed by atoms with Crippen molar-refractivity contribution in [3.63, 3.8) is 0 Å². The lowest BCUT2D eigenvalue weighted by molar-refractivity contribution is 0.367. The van der Waals surface area contributed by atoms with Crippen LogP contribution in [0.3, 0.4) is 0 Å². The predicted octanol–water partition coefficient (Wildman–Crippen LogP) is 1.78. The number of hydrogen-bond acceptors (Lipinski definition) is 1. The van der Waals surface area contributed by atoms with Gasteiger partial charge in [0.1, 0.15) is 0 Å². The molecule has 1 aliphatic carbocycles. The Morgan fingerprint density at radius 3 is 3.10 bits per heavy atom. The van der Waals surface area contributed by atoms with E-state index in [-0.39, 0.29) is 0 Å². The second-order valence-electron chi connectivity index (χ2n) is 4.01. The molecule has 0 amide bonds. The van der Waals surface area contributed by atoms with Crippen LogP contribution in [0.1, 0.15) is 32.6 Å². The molecule has 2 rings (SSSR count). The Morgan fingerprint density at radius 1 is 1.30 bits per heavy atom. The highest BCUT2D eigenvalue weighted by molar-refractivity contribution is 4.87. The van der Waals surface area contributed by atoms with Gasteiger partial charge >= 0.3 is 0 Å². The number of rotatable bonds is 0. The normalized spacial score (nSPS) is 47.1. The SMILES string of the molecule is CC1CCCC2CC1CN2. The van der Waals surface area contributed by atoms with Gasteiger partial charge in [-0.15, -0.1) is 0 Å². The van der Waals surface area contributed by atoms with Crippen molar-refractivity contribution in [1.29, 1.82) is 0 Å². The van der Waals surface area contributed by atoms with Crippen LogP contribution in [0.2, 0.25) is 0 Å². The number of nitrogens with one attached hydrogen (secondary N) is 1. The van der Waals surface area contributed by atoms with Crippen molar-refractivity contribution in [2.75, 3.05) is 6.54 Å². The van der Waals surface area contributed by atoms with E-state index in [1.54, 1.807) is 0 Å². The molecule has 2 fully saturated rings. The summed E-state index contributed by atoms with van der Waals surface area (Å²) in [5.74, 6) is 1.99. The van der Waals surface area contributed by atoms with E-state index in [1.165, 1.54) is 32.2 Å². The largest absolute Gasteiger partial charge is 0.314 e. The van der Waals surface area contributed by atoms with Crippen LogP contribution in [0.4, 0.5) is 0 Å². The molecular weight excluding hydrogens is 122 g/mol. The minimum atomic E-state index is 0.884. The number of fused-ring (bicyclic) bond motifs is 2. The van der Waals surface area contributed by atoms with Crippen molar-refractivity contribution in [3.05, 3.63) is 0 Å². The highest BCUT2D eigenvalue weighted by atomic mass is 15.0. The fourth-order valence-corrected chi connectivity index (χ4v) is 2.43. The molecule has 1 saturated carbocycles. The predicted molar refractivity (Wildman–Crippen MR) is 42.9 cm³/mol. The molecule has 3 atom stereocenters. The monoisotopic (exact) mass is 139 g/mol. The highest BCUT2D eigenvalue weighted by Gasteiger charge is 2.30. The summed E-state index contributed by atoms with van der Waals surface area (Å²) < 4.78 is 0. The molecule has 10 heavy (non-hydrogen) atoms. The summed E-state index contributed by atoms with van der Waals surface area (Å²) >= 11 is 0. The molecule has 3 unspecified atom stereocenters. The maximum absolute atomic E-state index is 3.59. The van der Waals surface area contributed by atoms with Crippen LogP contribution >= 0.6 is 0 Å². The van der Waals surface area contributed by atoms with Crippen molar-refractivity contribution in [2.45, 2.75) is 38.6 Å². The van der Waals surface area contributed by atoms with Crippen molar-refractivity contribution >= 4 is 0 Å². The molecule has 1 saturated heterocycles.